The Balaban J connectivity index is 2.06. The first kappa shape index (κ1) is 19.5. The van der Waals surface area contributed by atoms with E-state index in [1.807, 2.05) is 52.0 Å². The van der Waals surface area contributed by atoms with Crippen molar-refractivity contribution in [2.24, 2.45) is 0 Å². The molecular formula is C21H26N2O3. The van der Waals surface area contributed by atoms with Crippen molar-refractivity contribution >= 4 is 17.5 Å². The van der Waals surface area contributed by atoms with Crippen LogP contribution in [0.15, 0.2) is 48.5 Å². The summed E-state index contributed by atoms with van der Waals surface area (Å²) < 4.78 is 5.82. The van der Waals surface area contributed by atoms with Crippen molar-refractivity contribution < 1.29 is 14.3 Å². The lowest BCUT2D eigenvalue weighted by Gasteiger charge is -2.18. The summed E-state index contributed by atoms with van der Waals surface area (Å²) in [5.41, 5.74) is 2.14. The second-order valence-electron chi connectivity index (χ2n) is 6.53. The normalized spacial score (nSPS) is 11.7. The van der Waals surface area contributed by atoms with Gasteiger partial charge in [-0.3, -0.25) is 9.59 Å². The van der Waals surface area contributed by atoms with Gasteiger partial charge in [0.25, 0.3) is 11.8 Å². The molecule has 2 amide bonds. The van der Waals surface area contributed by atoms with Crippen molar-refractivity contribution in [3.63, 3.8) is 0 Å². The number of rotatable bonds is 7. The Morgan fingerprint density at radius 2 is 1.81 bits per heavy atom. The largest absolute Gasteiger partial charge is 0.481 e. The topological polar surface area (TPSA) is 67.4 Å². The SMILES string of the molecule is CCC(Oc1cccc(C)c1)C(=O)Nc1cccc(C(=O)NC(C)C)c1. The van der Waals surface area contributed by atoms with Crippen LogP contribution in [0.5, 0.6) is 5.75 Å². The second kappa shape index (κ2) is 9.04. The minimum absolute atomic E-state index is 0.0490. The first-order valence-electron chi connectivity index (χ1n) is 8.84. The van der Waals surface area contributed by atoms with E-state index in [4.69, 9.17) is 4.74 Å². The van der Waals surface area contributed by atoms with E-state index in [0.29, 0.717) is 23.4 Å². The number of nitrogens with one attached hydrogen (secondary N) is 2. The summed E-state index contributed by atoms with van der Waals surface area (Å²) in [7, 11) is 0. The molecule has 0 saturated carbocycles. The number of hydrogen-bond donors (Lipinski definition) is 2. The van der Waals surface area contributed by atoms with E-state index >= 15 is 0 Å². The molecule has 2 rings (SSSR count). The van der Waals surface area contributed by atoms with Gasteiger partial charge >= 0.3 is 0 Å². The third kappa shape index (κ3) is 5.62. The van der Waals surface area contributed by atoms with E-state index in [2.05, 4.69) is 10.6 Å². The van der Waals surface area contributed by atoms with Crippen LogP contribution in [0.3, 0.4) is 0 Å². The van der Waals surface area contributed by atoms with Crippen molar-refractivity contribution in [1.29, 1.82) is 0 Å². The molecule has 1 atom stereocenters. The molecule has 0 aliphatic heterocycles. The van der Waals surface area contributed by atoms with Gasteiger partial charge in [0, 0.05) is 17.3 Å². The van der Waals surface area contributed by atoms with Gasteiger partial charge in [-0.05, 0) is 63.1 Å². The van der Waals surface area contributed by atoms with Crippen LogP contribution in [0.1, 0.15) is 43.1 Å². The van der Waals surface area contributed by atoms with Crippen molar-refractivity contribution in [2.75, 3.05) is 5.32 Å². The average molecular weight is 354 g/mol. The molecule has 0 aromatic heterocycles. The Hall–Kier alpha value is -2.82. The molecule has 2 N–H and O–H groups in total. The van der Waals surface area contributed by atoms with Gasteiger partial charge in [-0.15, -0.1) is 0 Å². The fraction of sp³-hybridized carbons (Fsp3) is 0.333. The number of ether oxygens (including phenoxy) is 1. The number of carbonyl (C=O) groups is 2. The Morgan fingerprint density at radius 1 is 1.08 bits per heavy atom. The molecular weight excluding hydrogens is 328 g/mol. The number of carbonyl (C=O) groups excluding carboxylic acids is 2. The highest BCUT2D eigenvalue weighted by atomic mass is 16.5. The molecule has 2 aromatic carbocycles. The van der Waals surface area contributed by atoms with Crippen LogP contribution >= 0.6 is 0 Å². The fourth-order valence-corrected chi connectivity index (χ4v) is 2.48. The monoisotopic (exact) mass is 354 g/mol. The summed E-state index contributed by atoms with van der Waals surface area (Å²) in [6.07, 6.45) is -0.0715. The summed E-state index contributed by atoms with van der Waals surface area (Å²) in [6.45, 7) is 7.67. The number of anilines is 1. The van der Waals surface area contributed by atoms with Crippen LogP contribution in [0.4, 0.5) is 5.69 Å². The van der Waals surface area contributed by atoms with Crippen LogP contribution in [0.25, 0.3) is 0 Å². The van der Waals surface area contributed by atoms with E-state index in [1.165, 1.54) is 0 Å². The first-order chi connectivity index (χ1) is 12.4. The standard InChI is InChI=1S/C21H26N2O3/c1-5-19(26-18-11-6-8-15(4)12-18)21(25)23-17-10-7-9-16(13-17)20(24)22-14(2)3/h6-14,19H,5H2,1-4H3,(H,22,24)(H,23,25). The third-order valence-corrected chi connectivity index (χ3v) is 3.74. The van der Waals surface area contributed by atoms with Gasteiger partial charge in [0.15, 0.2) is 6.10 Å². The van der Waals surface area contributed by atoms with E-state index < -0.39 is 6.10 Å². The zero-order valence-electron chi connectivity index (χ0n) is 15.7. The van der Waals surface area contributed by atoms with E-state index in [9.17, 15) is 9.59 Å². The maximum absolute atomic E-state index is 12.6. The van der Waals surface area contributed by atoms with Crippen LogP contribution in [0, 0.1) is 6.92 Å². The highest BCUT2D eigenvalue weighted by Gasteiger charge is 2.19. The molecule has 0 bridgehead atoms. The maximum Gasteiger partial charge on any atom is 0.265 e. The molecule has 2 aromatic rings. The Labute approximate surface area is 154 Å². The van der Waals surface area contributed by atoms with E-state index in [-0.39, 0.29) is 17.9 Å². The molecule has 0 saturated heterocycles. The quantitative estimate of drug-likeness (QED) is 0.792. The van der Waals surface area contributed by atoms with Crippen LogP contribution in [0.2, 0.25) is 0 Å². The lowest BCUT2D eigenvalue weighted by Crippen LogP contribution is -2.33. The predicted octanol–water partition coefficient (Wildman–Crippen LogP) is 3.93. The van der Waals surface area contributed by atoms with Gasteiger partial charge in [-0.2, -0.15) is 0 Å². The Kier molecular flexibility index (Phi) is 6.78. The molecule has 0 fully saturated rings. The average Bonchev–Trinajstić information content (AvgIpc) is 2.59. The van der Waals surface area contributed by atoms with Gasteiger partial charge < -0.3 is 15.4 Å². The van der Waals surface area contributed by atoms with Crippen molar-refractivity contribution in [3.05, 3.63) is 59.7 Å². The van der Waals surface area contributed by atoms with Crippen molar-refractivity contribution in [1.82, 2.24) is 5.32 Å². The van der Waals surface area contributed by atoms with E-state index in [1.54, 1.807) is 24.3 Å². The summed E-state index contributed by atoms with van der Waals surface area (Å²) in [4.78, 5) is 24.7. The van der Waals surface area contributed by atoms with Gasteiger partial charge in [-0.1, -0.05) is 25.1 Å². The summed E-state index contributed by atoms with van der Waals surface area (Å²) >= 11 is 0. The number of aryl methyl sites for hydroxylation is 1. The van der Waals surface area contributed by atoms with Crippen LogP contribution in [-0.4, -0.2) is 24.0 Å². The number of benzene rings is 2. The molecule has 0 aliphatic carbocycles. The maximum atomic E-state index is 12.6. The second-order valence-corrected chi connectivity index (χ2v) is 6.53. The summed E-state index contributed by atoms with van der Waals surface area (Å²) in [5.74, 6) is 0.256. The van der Waals surface area contributed by atoms with E-state index in [0.717, 1.165) is 5.56 Å². The van der Waals surface area contributed by atoms with Gasteiger partial charge in [0.05, 0.1) is 0 Å². The molecule has 138 valence electrons. The first-order valence-corrected chi connectivity index (χ1v) is 8.84. The minimum atomic E-state index is -0.607. The lowest BCUT2D eigenvalue weighted by molar-refractivity contribution is -0.122. The highest BCUT2D eigenvalue weighted by Crippen LogP contribution is 2.17. The Morgan fingerprint density at radius 3 is 2.46 bits per heavy atom. The molecule has 0 radical (unpaired) electrons. The minimum Gasteiger partial charge on any atom is -0.481 e. The van der Waals surface area contributed by atoms with Gasteiger partial charge in [0.2, 0.25) is 0 Å². The van der Waals surface area contributed by atoms with Crippen LogP contribution < -0.4 is 15.4 Å². The summed E-state index contributed by atoms with van der Waals surface area (Å²) in [5, 5.41) is 5.67. The third-order valence-electron chi connectivity index (χ3n) is 3.74. The Bertz CT molecular complexity index is 771. The smallest absolute Gasteiger partial charge is 0.265 e. The molecule has 26 heavy (non-hydrogen) atoms. The fourth-order valence-electron chi connectivity index (χ4n) is 2.48. The molecule has 5 nitrogen and oxygen atoms in total. The molecule has 0 heterocycles. The van der Waals surface area contributed by atoms with Gasteiger partial charge in [-0.25, -0.2) is 0 Å². The van der Waals surface area contributed by atoms with Gasteiger partial charge in [0.1, 0.15) is 5.75 Å². The molecule has 0 aliphatic rings. The molecule has 0 spiro atoms. The van der Waals surface area contributed by atoms with Crippen molar-refractivity contribution in [3.8, 4) is 5.75 Å². The molecule has 1 unspecified atom stereocenters. The highest BCUT2D eigenvalue weighted by molar-refractivity contribution is 5.98. The lowest BCUT2D eigenvalue weighted by atomic mass is 10.1. The predicted molar refractivity (Wildman–Crippen MR) is 104 cm³/mol. The molecule has 5 heteroatoms. The number of hydrogen-bond acceptors (Lipinski definition) is 3. The zero-order valence-corrected chi connectivity index (χ0v) is 15.7. The van der Waals surface area contributed by atoms with Crippen LogP contribution in [-0.2, 0) is 4.79 Å². The van der Waals surface area contributed by atoms with Crippen molar-refractivity contribution in [2.45, 2.75) is 46.3 Å². The zero-order chi connectivity index (χ0) is 19.1. The summed E-state index contributed by atoms with van der Waals surface area (Å²) in [6, 6.07) is 14.5. The number of amides is 2.